The van der Waals surface area contributed by atoms with Gasteiger partial charge in [-0.15, -0.1) is 0 Å². The topological polar surface area (TPSA) is 52.0 Å². The third kappa shape index (κ3) is 2.25. The summed E-state index contributed by atoms with van der Waals surface area (Å²) in [5.41, 5.74) is 14.3. The first kappa shape index (κ1) is 12.3. The maximum absolute atomic E-state index is 6.20. The molecular weight excluding hydrogens is 184 g/mol. The molecule has 2 heteroatoms. The minimum Gasteiger partial charge on any atom is -0.402 e. The fourth-order valence-corrected chi connectivity index (χ4v) is 2.20. The summed E-state index contributed by atoms with van der Waals surface area (Å²) in [5.74, 6) is 0.817. The van der Waals surface area contributed by atoms with Crippen LogP contribution in [-0.2, 0) is 0 Å². The minimum atomic E-state index is -0.292. The lowest BCUT2D eigenvalue weighted by Gasteiger charge is -2.35. The van der Waals surface area contributed by atoms with Gasteiger partial charge in [0.25, 0.3) is 0 Å². The molecule has 0 fully saturated rings. The molecule has 0 amide bonds. The summed E-state index contributed by atoms with van der Waals surface area (Å²) in [7, 11) is 0. The Kier molecular flexibility index (Phi) is 3.61. The van der Waals surface area contributed by atoms with Crippen LogP contribution in [0.5, 0.6) is 0 Å². The summed E-state index contributed by atoms with van der Waals surface area (Å²) in [4.78, 5) is 0. The molecule has 0 heterocycles. The van der Waals surface area contributed by atoms with Gasteiger partial charge in [0.2, 0.25) is 0 Å². The average molecular weight is 208 g/mol. The Hall–Kier alpha value is -0.760. The Balaban J connectivity index is 3.02. The van der Waals surface area contributed by atoms with Gasteiger partial charge < -0.3 is 11.5 Å². The molecule has 0 aliphatic heterocycles. The molecule has 86 valence electrons. The molecule has 0 aromatic rings. The van der Waals surface area contributed by atoms with Gasteiger partial charge in [-0.1, -0.05) is 32.9 Å². The van der Waals surface area contributed by atoms with Crippen LogP contribution in [0, 0.1) is 11.8 Å². The van der Waals surface area contributed by atoms with Crippen molar-refractivity contribution in [3.8, 4) is 0 Å². The summed E-state index contributed by atoms with van der Waals surface area (Å²) in [6.45, 7) is 8.57. The van der Waals surface area contributed by atoms with E-state index in [1.54, 1.807) is 0 Å². The Labute approximate surface area is 93.4 Å². The van der Waals surface area contributed by atoms with Crippen molar-refractivity contribution in [1.82, 2.24) is 0 Å². The van der Waals surface area contributed by atoms with Crippen molar-refractivity contribution in [3.63, 3.8) is 0 Å². The lowest BCUT2D eigenvalue weighted by molar-refractivity contribution is 0.416. The molecular formula is C13H24N2. The SMILES string of the molecule is CCC(CC)C1=C(N)C(C)C(C)(N)C=C1. The van der Waals surface area contributed by atoms with Crippen LogP contribution >= 0.6 is 0 Å². The van der Waals surface area contributed by atoms with Gasteiger partial charge in [-0.2, -0.15) is 0 Å². The third-order valence-electron chi connectivity index (χ3n) is 3.78. The largest absolute Gasteiger partial charge is 0.402 e. The lowest BCUT2D eigenvalue weighted by Crippen LogP contribution is -2.45. The molecule has 2 atom stereocenters. The van der Waals surface area contributed by atoms with Gasteiger partial charge in [-0.25, -0.2) is 0 Å². The number of rotatable bonds is 3. The summed E-state index contributed by atoms with van der Waals surface area (Å²) in [6, 6.07) is 0. The standard InChI is InChI=1S/C13H24N2/c1-5-10(6-2)11-7-8-13(4,15)9(3)12(11)14/h7-10H,5-6,14-15H2,1-4H3. The van der Waals surface area contributed by atoms with E-state index in [-0.39, 0.29) is 11.5 Å². The second kappa shape index (κ2) is 4.40. The Bertz CT molecular complexity index is 283. The highest BCUT2D eigenvalue weighted by Crippen LogP contribution is 2.33. The maximum Gasteiger partial charge on any atom is 0.0394 e. The summed E-state index contributed by atoms with van der Waals surface area (Å²) < 4.78 is 0. The van der Waals surface area contributed by atoms with Crippen LogP contribution in [0.25, 0.3) is 0 Å². The summed E-state index contributed by atoms with van der Waals surface area (Å²) in [5, 5.41) is 0. The number of hydrogen-bond donors (Lipinski definition) is 2. The van der Waals surface area contributed by atoms with Crippen LogP contribution in [0.3, 0.4) is 0 Å². The van der Waals surface area contributed by atoms with Gasteiger partial charge >= 0.3 is 0 Å². The molecule has 0 saturated carbocycles. The van der Waals surface area contributed by atoms with E-state index < -0.39 is 0 Å². The quantitative estimate of drug-likeness (QED) is 0.749. The van der Waals surface area contributed by atoms with Crippen molar-refractivity contribution < 1.29 is 0 Å². The molecule has 2 nitrogen and oxygen atoms in total. The number of hydrogen-bond acceptors (Lipinski definition) is 2. The van der Waals surface area contributed by atoms with Crippen LogP contribution in [0.1, 0.15) is 40.5 Å². The van der Waals surface area contributed by atoms with E-state index in [0.29, 0.717) is 5.92 Å². The molecule has 0 spiro atoms. The molecule has 0 aromatic heterocycles. The molecule has 2 unspecified atom stereocenters. The minimum absolute atomic E-state index is 0.234. The van der Waals surface area contributed by atoms with E-state index in [1.165, 1.54) is 5.57 Å². The first-order valence-electron chi connectivity index (χ1n) is 5.91. The van der Waals surface area contributed by atoms with E-state index in [0.717, 1.165) is 18.5 Å². The predicted molar refractivity (Wildman–Crippen MR) is 66.2 cm³/mol. The molecule has 4 N–H and O–H groups in total. The first-order chi connectivity index (χ1) is 6.94. The van der Waals surface area contributed by atoms with Crippen molar-refractivity contribution in [2.24, 2.45) is 23.3 Å². The smallest absolute Gasteiger partial charge is 0.0394 e. The monoisotopic (exact) mass is 208 g/mol. The fraction of sp³-hybridized carbons (Fsp3) is 0.692. The molecule has 1 rings (SSSR count). The zero-order valence-electron chi connectivity index (χ0n) is 10.4. The highest BCUT2D eigenvalue weighted by molar-refractivity contribution is 5.36. The predicted octanol–water partition coefficient (Wildman–Crippen LogP) is 2.56. The summed E-state index contributed by atoms with van der Waals surface area (Å²) >= 11 is 0. The highest BCUT2D eigenvalue weighted by atomic mass is 14.8. The maximum atomic E-state index is 6.20. The molecule has 0 saturated heterocycles. The van der Waals surface area contributed by atoms with Crippen LogP contribution in [0.4, 0.5) is 0 Å². The normalized spacial score (nSPS) is 31.5. The molecule has 15 heavy (non-hydrogen) atoms. The Morgan fingerprint density at radius 1 is 1.40 bits per heavy atom. The van der Waals surface area contributed by atoms with Crippen molar-refractivity contribution in [1.29, 1.82) is 0 Å². The molecule has 1 aliphatic carbocycles. The van der Waals surface area contributed by atoms with Crippen LogP contribution in [0.2, 0.25) is 0 Å². The average Bonchev–Trinajstić information content (AvgIpc) is 2.20. The van der Waals surface area contributed by atoms with E-state index in [2.05, 4.69) is 32.9 Å². The molecule has 1 aliphatic rings. The highest BCUT2D eigenvalue weighted by Gasteiger charge is 2.31. The zero-order chi connectivity index (χ0) is 11.6. The fourth-order valence-electron chi connectivity index (χ4n) is 2.20. The second-order valence-electron chi connectivity index (χ2n) is 4.85. The van der Waals surface area contributed by atoms with Gasteiger partial charge in [0.1, 0.15) is 0 Å². The van der Waals surface area contributed by atoms with Gasteiger partial charge in [0, 0.05) is 17.2 Å². The van der Waals surface area contributed by atoms with E-state index in [9.17, 15) is 0 Å². The Morgan fingerprint density at radius 3 is 2.40 bits per heavy atom. The number of allylic oxidation sites excluding steroid dienone is 2. The third-order valence-corrected chi connectivity index (χ3v) is 3.78. The van der Waals surface area contributed by atoms with Gasteiger partial charge in [-0.3, -0.25) is 0 Å². The van der Waals surface area contributed by atoms with E-state index in [1.807, 2.05) is 6.92 Å². The van der Waals surface area contributed by atoms with Crippen LogP contribution in [-0.4, -0.2) is 5.54 Å². The van der Waals surface area contributed by atoms with Crippen LogP contribution in [0.15, 0.2) is 23.4 Å². The molecule has 0 radical (unpaired) electrons. The first-order valence-corrected chi connectivity index (χ1v) is 5.91. The zero-order valence-corrected chi connectivity index (χ0v) is 10.4. The van der Waals surface area contributed by atoms with Gasteiger partial charge in [-0.05, 0) is 31.3 Å². The van der Waals surface area contributed by atoms with Gasteiger partial charge in [0.15, 0.2) is 0 Å². The van der Waals surface area contributed by atoms with E-state index >= 15 is 0 Å². The molecule has 0 aromatic carbocycles. The number of nitrogens with two attached hydrogens (primary N) is 2. The van der Waals surface area contributed by atoms with Crippen molar-refractivity contribution >= 4 is 0 Å². The van der Waals surface area contributed by atoms with Crippen molar-refractivity contribution in [3.05, 3.63) is 23.4 Å². The van der Waals surface area contributed by atoms with Crippen molar-refractivity contribution in [2.45, 2.75) is 46.1 Å². The van der Waals surface area contributed by atoms with Crippen molar-refractivity contribution in [2.75, 3.05) is 0 Å². The summed E-state index contributed by atoms with van der Waals surface area (Å²) in [6.07, 6.45) is 6.52. The lowest BCUT2D eigenvalue weighted by atomic mass is 9.76. The second-order valence-corrected chi connectivity index (χ2v) is 4.85. The molecule has 0 bridgehead atoms. The van der Waals surface area contributed by atoms with Crippen LogP contribution < -0.4 is 11.5 Å². The van der Waals surface area contributed by atoms with Gasteiger partial charge in [0.05, 0.1) is 0 Å². The van der Waals surface area contributed by atoms with E-state index in [4.69, 9.17) is 11.5 Å². The Morgan fingerprint density at radius 2 is 1.93 bits per heavy atom.